The van der Waals surface area contributed by atoms with Crippen LogP contribution in [0.2, 0.25) is 5.02 Å². The Balaban J connectivity index is 1.80. The molecule has 2 N–H and O–H groups in total. The van der Waals surface area contributed by atoms with Crippen molar-refractivity contribution in [2.75, 3.05) is 5.75 Å². The van der Waals surface area contributed by atoms with E-state index in [9.17, 15) is 12.8 Å². The zero-order valence-electron chi connectivity index (χ0n) is 18.4. The van der Waals surface area contributed by atoms with Gasteiger partial charge in [0.25, 0.3) is 0 Å². The first-order valence-electron chi connectivity index (χ1n) is 10.1. The summed E-state index contributed by atoms with van der Waals surface area (Å²) in [5, 5.41) is 1.15. The van der Waals surface area contributed by atoms with Crippen LogP contribution in [-0.2, 0) is 21.8 Å². The highest BCUT2D eigenvalue weighted by Gasteiger charge is 2.49. The number of halogens is 2. The second-order valence-electron chi connectivity index (χ2n) is 8.84. The van der Waals surface area contributed by atoms with E-state index in [0.717, 1.165) is 0 Å². The van der Waals surface area contributed by atoms with Gasteiger partial charge in [-0.25, -0.2) is 12.8 Å². The SMILES string of the molecule is C#Cc1cnc(Cc2ccc(F)c([C@]3(C)CS(=O)(=O)C(C)(C)C(N)=N3)c2)c2ncc(Cl)cc12. The minimum atomic E-state index is -3.67. The average Bonchev–Trinajstić information content (AvgIpc) is 2.73. The van der Waals surface area contributed by atoms with Crippen LogP contribution in [0.4, 0.5) is 4.39 Å². The third-order valence-electron chi connectivity index (χ3n) is 6.14. The van der Waals surface area contributed by atoms with Gasteiger partial charge in [0.2, 0.25) is 0 Å². The number of hydrogen-bond acceptors (Lipinski definition) is 6. The molecule has 6 nitrogen and oxygen atoms in total. The lowest BCUT2D eigenvalue weighted by Gasteiger charge is -2.38. The maximum Gasteiger partial charge on any atom is 0.165 e. The topological polar surface area (TPSA) is 98.3 Å². The summed E-state index contributed by atoms with van der Waals surface area (Å²) in [6.45, 7) is 4.58. The first kappa shape index (κ1) is 23.1. The van der Waals surface area contributed by atoms with Crippen molar-refractivity contribution in [3.8, 4) is 12.3 Å². The van der Waals surface area contributed by atoms with Crippen molar-refractivity contribution in [1.82, 2.24) is 9.97 Å². The van der Waals surface area contributed by atoms with Crippen LogP contribution >= 0.6 is 11.6 Å². The zero-order chi connectivity index (χ0) is 24.2. The Bertz CT molecular complexity index is 1480. The summed E-state index contributed by atoms with van der Waals surface area (Å²) >= 11 is 6.09. The van der Waals surface area contributed by atoms with Gasteiger partial charge in [-0.05, 0) is 38.5 Å². The summed E-state index contributed by atoms with van der Waals surface area (Å²) < 4.78 is 39.4. The molecule has 33 heavy (non-hydrogen) atoms. The Morgan fingerprint density at radius 1 is 1.21 bits per heavy atom. The molecule has 1 atom stereocenters. The van der Waals surface area contributed by atoms with E-state index in [1.54, 1.807) is 31.3 Å². The van der Waals surface area contributed by atoms with Gasteiger partial charge < -0.3 is 5.73 Å². The van der Waals surface area contributed by atoms with Crippen LogP contribution in [0.25, 0.3) is 10.9 Å². The second-order valence-corrected chi connectivity index (χ2v) is 11.8. The fraction of sp³-hybridized carbons (Fsp3) is 0.292. The van der Waals surface area contributed by atoms with Crippen LogP contribution in [0.5, 0.6) is 0 Å². The molecule has 0 bridgehead atoms. The fourth-order valence-electron chi connectivity index (χ4n) is 3.96. The maximum absolute atomic E-state index is 14.9. The summed E-state index contributed by atoms with van der Waals surface area (Å²) in [5.41, 5.74) is 7.32. The molecule has 3 heterocycles. The predicted octanol–water partition coefficient (Wildman–Crippen LogP) is 3.77. The quantitative estimate of drug-likeness (QED) is 0.570. The Labute approximate surface area is 197 Å². The van der Waals surface area contributed by atoms with Crippen molar-refractivity contribution >= 4 is 38.2 Å². The largest absolute Gasteiger partial charge is 0.386 e. The molecule has 1 aliphatic rings. The molecule has 170 valence electrons. The number of rotatable bonds is 3. The van der Waals surface area contributed by atoms with Crippen LogP contribution in [0.3, 0.4) is 0 Å². The van der Waals surface area contributed by atoms with Crippen LogP contribution in [-0.4, -0.2) is 34.7 Å². The van der Waals surface area contributed by atoms with Gasteiger partial charge in [-0.2, -0.15) is 0 Å². The summed E-state index contributed by atoms with van der Waals surface area (Å²) in [6.07, 6.45) is 8.98. The third-order valence-corrected chi connectivity index (χ3v) is 9.05. The Morgan fingerprint density at radius 2 is 1.94 bits per heavy atom. The van der Waals surface area contributed by atoms with Gasteiger partial charge in [-0.15, -0.1) is 6.42 Å². The predicted molar refractivity (Wildman–Crippen MR) is 129 cm³/mol. The van der Waals surface area contributed by atoms with E-state index in [2.05, 4.69) is 20.9 Å². The molecule has 0 saturated heterocycles. The highest BCUT2D eigenvalue weighted by Crippen LogP contribution is 2.38. The third kappa shape index (κ3) is 3.85. The van der Waals surface area contributed by atoms with E-state index in [-0.39, 0.29) is 17.2 Å². The first-order chi connectivity index (χ1) is 15.4. The molecular weight excluding hydrogens is 463 g/mol. The highest BCUT2D eigenvalue weighted by molar-refractivity contribution is 7.93. The summed E-state index contributed by atoms with van der Waals surface area (Å²) in [6, 6.07) is 6.26. The van der Waals surface area contributed by atoms with E-state index in [0.29, 0.717) is 39.2 Å². The lowest BCUT2D eigenvalue weighted by atomic mass is 9.90. The first-order valence-corrected chi connectivity index (χ1v) is 12.2. The Hall–Kier alpha value is -3.02. The number of hydrogen-bond donors (Lipinski definition) is 1. The van der Waals surface area contributed by atoms with Gasteiger partial charge in [0.05, 0.1) is 27.5 Å². The molecule has 9 heteroatoms. The minimum absolute atomic E-state index is 0.0420. The van der Waals surface area contributed by atoms with Gasteiger partial charge in [-0.1, -0.05) is 29.7 Å². The number of sulfone groups is 1. The lowest BCUT2D eigenvalue weighted by molar-refractivity contribution is 0.475. The molecule has 0 unspecified atom stereocenters. The van der Waals surface area contributed by atoms with Crippen molar-refractivity contribution in [3.05, 3.63) is 69.9 Å². The number of pyridine rings is 2. The van der Waals surface area contributed by atoms with E-state index >= 15 is 0 Å². The van der Waals surface area contributed by atoms with Crippen molar-refractivity contribution in [2.24, 2.45) is 10.7 Å². The van der Waals surface area contributed by atoms with Crippen LogP contribution < -0.4 is 5.73 Å². The Morgan fingerprint density at radius 3 is 2.61 bits per heavy atom. The molecular formula is C24H22ClFN4O2S. The molecule has 0 spiro atoms. The molecule has 0 aliphatic carbocycles. The molecule has 0 radical (unpaired) electrons. The summed E-state index contributed by atoms with van der Waals surface area (Å²) in [7, 11) is -3.67. The number of nitrogens with zero attached hydrogens (tertiary/aromatic N) is 3. The monoisotopic (exact) mass is 484 g/mol. The number of terminal acetylenes is 1. The molecule has 1 aromatic carbocycles. The van der Waals surface area contributed by atoms with Crippen LogP contribution in [0.1, 0.15) is 43.2 Å². The lowest BCUT2D eigenvalue weighted by Crippen LogP contribution is -2.55. The number of amidine groups is 1. The van der Waals surface area contributed by atoms with Gasteiger partial charge in [-0.3, -0.25) is 15.0 Å². The fourth-order valence-corrected chi connectivity index (χ4v) is 5.80. The van der Waals surface area contributed by atoms with Gasteiger partial charge in [0.1, 0.15) is 21.9 Å². The van der Waals surface area contributed by atoms with Gasteiger partial charge in [0.15, 0.2) is 9.84 Å². The smallest absolute Gasteiger partial charge is 0.165 e. The van der Waals surface area contributed by atoms with E-state index < -0.39 is 25.9 Å². The normalized spacial score (nSPS) is 21.4. The van der Waals surface area contributed by atoms with Gasteiger partial charge >= 0.3 is 0 Å². The summed E-state index contributed by atoms with van der Waals surface area (Å²) in [5.74, 6) is 1.62. The highest BCUT2D eigenvalue weighted by atomic mass is 35.5. The molecule has 1 aliphatic heterocycles. The zero-order valence-corrected chi connectivity index (χ0v) is 19.9. The van der Waals surface area contributed by atoms with Crippen molar-refractivity contribution in [2.45, 2.75) is 37.5 Å². The average molecular weight is 485 g/mol. The maximum atomic E-state index is 14.9. The molecule has 0 fully saturated rings. The van der Waals surface area contributed by atoms with Crippen LogP contribution in [0.15, 0.2) is 41.7 Å². The summed E-state index contributed by atoms with van der Waals surface area (Å²) in [4.78, 5) is 13.3. The van der Waals surface area contributed by atoms with Crippen molar-refractivity contribution in [1.29, 1.82) is 0 Å². The number of aromatic nitrogens is 2. The van der Waals surface area contributed by atoms with Crippen molar-refractivity contribution < 1.29 is 12.8 Å². The second kappa shape index (κ2) is 7.79. The standard InChI is InChI=1S/C24H22ClFN4O2S/c1-5-15-11-28-20(21-17(15)10-16(25)12-29-21)9-14-6-7-19(26)18(8-14)24(4)13-33(31,32)23(2,3)22(27)30-24/h1,6-8,10-12H,9,13H2,2-4H3,(H2,27,30)/t24-/m0/s1. The number of aliphatic imine (C=N–C) groups is 1. The molecule has 0 amide bonds. The molecule has 2 aromatic heterocycles. The van der Waals surface area contributed by atoms with Crippen LogP contribution in [0, 0.1) is 18.2 Å². The van der Waals surface area contributed by atoms with Crippen molar-refractivity contribution in [3.63, 3.8) is 0 Å². The number of benzene rings is 1. The van der Waals surface area contributed by atoms with E-state index in [1.165, 1.54) is 26.1 Å². The minimum Gasteiger partial charge on any atom is -0.386 e. The molecule has 4 rings (SSSR count). The Kier molecular flexibility index (Phi) is 5.46. The number of nitrogens with two attached hydrogens (primary N) is 1. The number of fused-ring (bicyclic) bond motifs is 1. The molecule has 3 aromatic rings. The molecule has 0 saturated carbocycles. The van der Waals surface area contributed by atoms with E-state index in [1.807, 2.05) is 0 Å². The van der Waals surface area contributed by atoms with Gasteiger partial charge in [0, 0.05) is 29.8 Å². The van der Waals surface area contributed by atoms with E-state index in [4.69, 9.17) is 23.8 Å².